The molecular weight excluding hydrogens is 332 g/mol. The molecule has 0 saturated heterocycles. The number of ether oxygens (including phenoxy) is 2. The third-order valence-corrected chi connectivity index (χ3v) is 4.29. The van der Waals surface area contributed by atoms with Crippen LogP contribution in [-0.2, 0) is 9.59 Å². The average Bonchev–Trinajstić information content (AvgIpc) is 3.09. The van der Waals surface area contributed by atoms with E-state index in [1.807, 2.05) is 18.2 Å². The fourth-order valence-electron chi connectivity index (χ4n) is 2.67. The van der Waals surface area contributed by atoms with Crippen molar-refractivity contribution in [1.82, 2.24) is 5.32 Å². The van der Waals surface area contributed by atoms with Crippen LogP contribution < -0.4 is 20.1 Å². The molecule has 1 aliphatic rings. The molecule has 136 valence electrons. The number of anilines is 1. The van der Waals surface area contributed by atoms with Crippen molar-refractivity contribution in [2.75, 3.05) is 12.1 Å². The third-order valence-electron chi connectivity index (χ3n) is 4.29. The number of amides is 2. The van der Waals surface area contributed by atoms with Gasteiger partial charge in [0.1, 0.15) is 0 Å². The Balaban J connectivity index is 1.59. The zero-order chi connectivity index (χ0) is 18.7. The van der Waals surface area contributed by atoms with E-state index in [1.54, 1.807) is 31.2 Å². The van der Waals surface area contributed by atoms with E-state index in [1.165, 1.54) is 5.56 Å². The summed E-state index contributed by atoms with van der Waals surface area (Å²) < 4.78 is 10.6. The van der Waals surface area contributed by atoms with E-state index in [-0.39, 0.29) is 12.8 Å². The Labute approximate surface area is 152 Å². The van der Waals surface area contributed by atoms with E-state index in [2.05, 4.69) is 24.5 Å². The van der Waals surface area contributed by atoms with Crippen LogP contribution in [0, 0.1) is 0 Å². The van der Waals surface area contributed by atoms with E-state index in [9.17, 15) is 9.59 Å². The molecule has 0 fully saturated rings. The van der Waals surface area contributed by atoms with Gasteiger partial charge in [-0.3, -0.25) is 9.59 Å². The Kier molecular flexibility index (Phi) is 5.11. The van der Waals surface area contributed by atoms with Gasteiger partial charge in [0.2, 0.25) is 6.79 Å². The summed E-state index contributed by atoms with van der Waals surface area (Å²) in [6, 6.07) is 12.5. The number of carbonyl (C=O) groups is 2. The molecule has 2 aromatic rings. The highest BCUT2D eigenvalue weighted by Gasteiger charge is 2.20. The van der Waals surface area contributed by atoms with Crippen LogP contribution in [0.3, 0.4) is 0 Å². The first-order valence-electron chi connectivity index (χ1n) is 8.55. The van der Waals surface area contributed by atoms with Gasteiger partial charge >= 0.3 is 11.8 Å². The highest BCUT2D eigenvalue weighted by atomic mass is 16.7. The van der Waals surface area contributed by atoms with Crippen LogP contribution in [0.1, 0.15) is 43.9 Å². The molecule has 1 unspecified atom stereocenters. The van der Waals surface area contributed by atoms with Gasteiger partial charge in [0, 0.05) is 5.69 Å². The molecule has 2 amide bonds. The lowest BCUT2D eigenvalue weighted by atomic mass is 10.0. The Hall–Kier alpha value is -3.02. The largest absolute Gasteiger partial charge is 0.454 e. The first-order chi connectivity index (χ1) is 12.4. The summed E-state index contributed by atoms with van der Waals surface area (Å²) in [6.45, 7) is 6.19. The zero-order valence-corrected chi connectivity index (χ0v) is 15.0. The molecule has 1 aliphatic heterocycles. The van der Waals surface area contributed by atoms with E-state index < -0.39 is 11.8 Å². The van der Waals surface area contributed by atoms with Crippen molar-refractivity contribution in [3.63, 3.8) is 0 Å². The van der Waals surface area contributed by atoms with Crippen molar-refractivity contribution < 1.29 is 19.1 Å². The van der Waals surface area contributed by atoms with Gasteiger partial charge < -0.3 is 20.1 Å². The normalized spacial score (nSPS) is 13.4. The van der Waals surface area contributed by atoms with Crippen molar-refractivity contribution in [3.8, 4) is 11.5 Å². The topological polar surface area (TPSA) is 76.7 Å². The van der Waals surface area contributed by atoms with Gasteiger partial charge in [-0.2, -0.15) is 0 Å². The molecule has 3 rings (SSSR count). The van der Waals surface area contributed by atoms with Crippen LogP contribution in [0.2, 0.25) is 0 Å². The summed E-state index contributed by atoms with van der Waals surface area (Å²) in [5.41, 5.74) is 2.59. The zero-order valence-electron chi connectivity index (χ0n) is 15.0. The monoisotopic (exact) mass is 354 g/mol. The van der Waals surface area contributed by atoms with E-state index in [0.717, 1.165) is 5.56 Å². The quantitative estimate of drug-likeness (QED) is 0.826. The number of carbonyl (C=O) groups excluding carboxylic acids is 2. The highest BCUT2D eigenvalue weighted by Crippen LogP contribution is 2.34. The van der Waals surface area contributed by atoms with E-state index in [4.69, 9.17) is 9.47 Å². The van der Waals surface area contributed by atoms with Gasteiger partial charge in [-0.1, -0.05) is 32.0 Å². The van der Waals surface area contributed by atoms with Crippen LogP contribution in [0.15, 0.2) is 42.5 Å². The standard InChI is InChI=1S/C20H22N2O4/c1-12(2)14-4-7-16(8-5-14)22-20(24)19(23)21-13(3)15-6-9-17-18(10-15)26-11-25-17/h4-10,12-13H,11H2,1-3H3,(H,21,23)(H,22,24). The smallest absolute Gasteiger partial charge is 0.313 e. The first kappa shape index (κ1) is 17.8. The molecule has 0 spiro atoms. The van der Waals surface area contributed by atoms with Crippen LogP contribution in [-0.4, -0.2) is 18.6 Å². The summed E-state index contributed by atoms with van der Waals surface area (Å²) in [6.07, 6.45) is 0. The molecule has 0 bridgehead atoms. The minimum absolute atomic E-state index is 0.192. The van der Waals surface area contributed by atoms with Crippen LogP contribution in [0.4, 0.5) is 5.69 Å². The van der Waals surface area contributed by atoms with Crippen molar-refractivity contribution in [1.29, 1.82) is 0 Å². The van der Waals surface area contributed by atoms with Gasteiger partial charge in [0.05, 0.1) is 6.04 Å². The molecule has 1 atom stereocenters. The number of hydrogen-bond donors (Lipinski definition) is 2. The summed E-state index contributed by atoms with van der Waals surface area (Å²) in [4.78, 5) is 24.3. The fraction of sp³-hybridized carbons (Fsp3) is 0.300. The molecule has 0 aromatic heterocycles. The average molecular weight is 354 g/mol. The molecule has 0 saturated carbocycles. The minimum Gasteiger partial charge on any atom is -0.454 e. The molecule has 6 nitrogen and oxygen atoms in total. The van der Waals surface area contributed by atoms with Crippen molar-refractivity contribution in [3.05, 3.63) is 53.6 Å². The molecular formula is C20H22N2O4. The highest BCUT2D eigenvalue weighted by molar-refractivity contribution is 6.39. The van der Waals surface area contributed by atoms with Gasteiger partial charge in [-0.15, -0.1) is 0 Å². The Morgan fingerprint density at radius 2 is 1.54 bits per heavy atom. The van der Waals surface area contributed by atoms with Gasteiger partial charge in [0.15, 0.2) is 11.5 Å². The second-order valence-corrected chi connectivity index (χ2v) is 6.54. The molecule has 26 heavy (non-hydrogen) atoms. The maximum absolute atomic E-state index is 12.2. The van der Waals surface area contributed by atoms with E-state index in [0.29, 0.717) is 23.1 Å². The van der Waals surface area contributed by atoms with Gasteiger partial charge in [0.25, 0.3) is 0 Å². The molecule has 1 heterocycles. The number of fused-ring (bicyclic) bond motifs is 1. The number of benzene rings is 2. The minimum atomic E-state index is -0.699. The van der Waals surface area contributed by atoms with Crippen LogP contribution in [0.5, 0.6) is 11.5 Å². The lowest BCUT2D eigenvalue weighted by Crippen LogP contribution is -2.36. The third kappa shape index (κ3) is 3.96. The van der Waals surface area contributed by atoms with Gasteiger partial charge in [-0.05, 0) is 48.2 Å². The lowest BCUT2D eigenvalue weighted by molar-refractivity contribution is -0.136. The number of rotatable bonds is 4. The second-order valence-electron chi connectivity index (χ2n) is 6.54. The van der Waals surface area contributed by atoms with Gasteiger partial charge in [-0.25, -0.2) is 0 Å². The van der Waals surface area contributed by atoms with E-state index >= 15 is 0 Å². The van der Waals surface area contributed by atoms with Crippen LogP contribution in [0.25, 0.3) is 0 Å². The van der Waals surface area contributed by atoms with Crippen molar-refractivity contribution >= 4 is 17.5 Å². The molecule has 0 radical (unpaired) electrons. The summed E-state index contributed by atoms with van der Waals surface area (Å²) in [5.74, 6) is 0.330. The summed E-state index contributed by atoms with van der Waals surface area (Å²) >= 11 is 0. The molecule has 6 heteroatoms. The van der Waals surface area contributed by atoms with Crippen LogP contribution >= 0.6 is 0 Å². The van der Waals surface area contributed by atoms with Crippen molar-refractivity contribution in [2.24, 2.45) is 0 Å². The second kappa shape index (κ2) is 7.47. The predicted molar refractivity (Wildman–Crippen MR) is 98.3 cm³/mol. The Bertz CT molecular complexity index is 815. The van der Waals surface area contributed by atoms with Crippen molar-refractivity contribution in [2.45, 2.75) is 32.7 Å². The molecule has 0 aliphatic carbocycles. The summed E-state index contributed by atoms with van der Waals surface area (Å²) in [7, 11) is 0. The lowest BCUT2D eigenvalue weighted by Gasteiger charge is -2.15. The SMILES string of the molecule is CC(C)c1ccc(NC(=O)C(=O)NC(C)c2ccc3c(c2)OCO3)cc1. The Morgan fingerprint density at radius 3 is 2.23 bits per heavy atom. The molecule has 2 aromatic carbocycles. The number of nitrogens with one attached hydrogen (secondary N) is 2. The number of hydrogen-bond acceptors (Lipinski definition) is 4. The predicted octanol–water partition coefficient (Wildman–Crippen LogP) is 3.35. The first-order valence-corrected chi connectivity index (χ1v) is 8.55. The maximum atomic E-state index is 12.2. The molecule has 2 N–H and O–H groups in total. The fourth-order valence-corrected chi connectivity index (χ4v) is 2.67. The summed E-state index contributed by atoms with van der Waals surface area (Å²) in [5, 5.41) is 5.30. The Morgan fingerprint density at radius 1 is 0.885 bits per heavy atom. The maximum Gasteiger partial charge on any atom is 0.313 e.